The number of nitrogens with zero attached hydrogens (tertiary/aromatic N) is 6. The van der Waals surface area contributed by atoms with E-state index in [9.17, 15) is 4.79 Å². The summed E-state index contributed by atoms with van der Waals surface area (Å²) in [6.07, 6.45) is 5.32. The molecule has 2 aromatic rings. The maximum atomic E-state index is 12.4. The molecular weight excluding hydrogens is 284 g/mol. The Hall–Kier alpha value is -2.25. The van der Waals surface area contributed by atoms with Crippen molar-refractivity contribution in [3.8, 4) is 0 Å². The lowest BCUT2D eigenvalue weighted by atomic mass is 10.2. The molecule has 3 rings (SSSR count). The first-order valence-electron chi connectivity index (χ1n) is 7.60. The van der Waals surface area contributed by atoms with Crippen molar-refractivity contribution in [2.24, 2.45) is 0 Å². The van der Waals surface area contributed by atoms with Crippen LogP contribution in [0, 0.1) is 0 Å². The Morgan fingerprint density at radius 1 is 1.50 bits per heavy atom. The fraction of sp³-hybridized carbons (Fsp3) is 0.643. The van der Waals surface area contributed by atoms with Gasteiger partial charge < -0.3 is 9.42 Å². The Morgan fingerprint density at radius 2 is 2.36 bits per heavy atom. The van der Waals surface area contributed by atoms with Crippen molar-refractivity contribution >= 4 is 5.91 Å². The van der Waals surface area contributed by atoms with E-state index >= 15 is 0 Å². The molecular formula is C14H20N6O2. The Bertz CT molecular complexity index is 621. The third-order valence-corrected chi connectivity index (χ3v) is 3.84. The third-order valence-electron chi connectivity index (χ3n) is 3.84. The fourth-order valence-electron chi connectivity index (χ4n) is 2.65. The number of carbonyl (C=O) groups is 1. The number of aromatic nitrogens is 5. The number of rotatable bonds is 5. The molecule has 0 saturated carbocycles. The summed E-state index contributed by atoms with van der Waals surface area (Å²) in [6, 6.07) is -0.0699. The van der Waals surface area contributed by atoms with Crippen LogP contribution in [0.3, 0.4) is 0 Å². The molecule has 1 fully saturated rings. The molecule has 1 amide bonds. The van der Waals surface area contributed by atoms with Gasteiger partial charge in [-0.05, 0) is 12.8 Å². The van der Waals surface area contributed by atoms with Gasteiger partial charge in [0.15, 0.2) is 5.82 Å². The average molecular weight is 304 g/mol. The minimum absolute atomic E-state index is 0.0699. The molecule has 0 N–H and O–H groups in total. The second kappa shape index (κ2) is 6.25. The minimum Gasteiger partial charge on any atom is -0.339 e. The van der Waals surface area contributed by atoms with Gasteiger partial charge >= 0.3 is 0 Å². The summed E-state index contributed by atoms with van der Waals surface area (Å²) in [5.41, 5.74) is 0. The molecule has 0 aliphatic carbocycles. The Labute approximate surface area is 128 Å². The maximum Gasteiger partial charge on any atom is 0.229 e. The molecule has 0 aromatic carbocycles. The van der Waals surface area contributed by atoms with Crippen LogP contribution in [-0.2, 0) is 11.3 Å². The molecule has 0 spiro atoms. The highest BCUT2D eigenvalue weighted by atomic mass is 16.5. The van der Waals surface area contributed by atoms with Crippen molar-refractivity contribution in [1.82, 2.24) is 29.8 Å². The lowest BCUT2D eigenvalue weighted by Crippen LogP contribution is -2.31. The lowest BCUT2D eigenvalue weighted by molar-refractivity contribution is -0.132. The van der Waals surface area contributed by atoms with Gasteiger partial charge in [-0.1, -0.05) is 19.0 Å². The van der Waals surface area contributed by atoms with Crippen molar-refractivity contribution in [2.75, 3.05) is 6.54 Å². The molecule has 22 heavy (non-hydrogen) atoms. The smallest absolute Gasteiger partial charge is 0.229 e. The van der Waals surface area contributed by atoms with Crippen molar-refractivity contribution in [3.63, 3.8) is 0 Å². The zero-order valence-electron chi connectivity index (χ0n) is 12.8. The summed E-state index contributed by atoms with van der Waals surface area (Å²) in [6.45, 7) is 5.29. The number of hydrogen-bond acceptors (Lipinski definition) is 6. The number of aryl methyl sites for hydroxylation is 1. The van der Waals surface area contributed by atoms with E-state index in [4.69, 9.17) is 4.52 Å². The van der Waals surface area contributed by atoms with E-state index in [2.05, 4.69) is 20.2 Å². The second-order valence-corrected chi connectivity index (χ2v) is 5.80. The maximum absolute atomic E-state index is 12.4. The molecule has 0 unspecified atom stereocenters. The molecule has 8 heteroatoms. The fourth-order valence-corrected chi connectivity index (χ4v) is 2.65. The summed E-state index contributed by atoms with van der Waals surface area (Å²) >= 11 is 0. The third kappa shape index (κ3) is 3.00. The van der Waals surface area contributed by atoms with E-state index in [1.54, 1.807) is 11.0 Å². The Kier molecular flexibility index (Phi) is 4.17. The molecule has 1 aliphatic rings. The average Bonchev–Trinajstić information content (AvgIpc) is 3.23. The van der Waals surface area contributed by atoms with Crippen LogP contribution in [0.2, 0.25) is 0 Å². The summed E-state index contributed by atoms with van der Waals surface area (Å²) in [7, 11) is 0. The quantitative estimate of drug-likeness (QED) is 0.832. The van der Waals surface area contributed by atoms with Crippen LogP contribution in [0.1, 0.15) is 56.8 Å². The molecule has 1 aliphatic heterocycles. The van der Waals surface area contributed by atoms with Gasteiger partial charge in [0, 0.05) is 18.9 Å². The second-order valence-electron chi connectivity index (χ2n) is 5.80. The molecule has 8 nitrogen and oxygen atoms in total. The highest BCUT2D eigenvalue weighted by Gasteiger charge is 2.33. The van der Waals surface area contributed by atoms with E-state index in [0.717, 1.165) is 19.4 Å². The summed E-state index contributed by atoms with van der Waals surface area (Å²) in [4.78, 5) is 22.6. The molecule has 3 heterocycles. The van der Waals surface area contributed by atoms with E-state index in [-0.39, 0.29) is 17.9 Å². The van der Waals surface area contributed by atoms with Gasteiger partial charge in [0.1, 0.15) is 12.7 Å². The molecule has 1 atom stereocenters. The van der Waals surface area contributed by atoms with Crippen molar-refractivity contribution in [2.45, 2.75) is 51.6 Å². The molecule has 1 saturated heterocycles. The van der Waals surface area contributed by atoms with Gasteiger partial charge in [-0.3, -0.25) is 9.48 Å². The van der Waals surface area contributed by atoms with Crippen molar-refractivity contribution in [3.05, 3.63) is 24.4 Å². The predicted molar refractivity (Wildman–Crippen MR) is 76.7 cm³/mol. The Balaban J connectivity index is 1.65. The topological polar surface area (TPSA) is 89.9 Å². The van der Waals surface area contributed by atoms with Gasteiger partial charge in [-0.2, -0.15) is 10.1 Å². The highest BCUT2D eigenvalue weighted by molar-refractivity contribution is 5.76. The van der Waals surface area contributed by atoms with Crippen LogP contribution in [0.4, 0.5) is 0 Å². The van der Waals surface area contributed by atoms with Gasteiger partial charge in [0.05, 0.1) is 12.6 Å². The van der Waals surface area contributed by atoms with E-state index in [0.29, 0.717) is 24.7 Å². The monoisotopic (exact) mass is 304 g/mol. The minimum atomic E-state index is -0.0699. The first kappa shape index (κ1) is 14.7. The molecule has 0 bridgehead atoms. The first-order valence-corrected chi connectivity index (χ1v) is 7.60. The summed E-state index contributed by atoms with van der Waals surface area (Å²) in [5.74, 6) is 1.53. The zero-order chi connectivity index (χ0) is 15.5. The molecule has 2 aromatic heterocycles. The number of hydrogen-bond donors (Lipinski definition) is 0. The van der Waals surface area contributed by atoms with Crippen LogP contribution in [0.15, 0.2) is 17.2 Å². The van der Waals surface area contributed by atoms with Gasteiger partial charge in [-0.25, -0.2) is 4.98 Å². The Morgan fingerprint density at radius 3 is 3.05 bits per heavy atom. The highest BCUT2D eigenvalue weighted by Crippen LogP contribution is 2.31. The van der Waals surface area contributed by atoms with Gasteiger partial charge in [-0.15, -0.1) is 0 Å². The van der Waals surface area contributed by atoms with Crippen molar-refractivity contribution < 1.29 is 9.32 Å². The van der Waals surface area contributed by atoms with Crippen LogP contribution in [-0.4, -0.2) is 42.3 Å². The van der Waals surface area contributed by atoms with Crippen LogP contribution >= 0.6 is 0 Å². The van der Waals surface area contributed by atoms with Gasteiger partial charge in [0.25, 0.3) is 0 Å². The van der Waals surface area contributed by atoms with Crippen LogP contribution in [0.5, 0.6) is 0 Å². The van der Waals surface area contributed by atoms with E-state index < -0.39 is 0 Å². The standard InChI is InChI=1S/C14H20N6O2/c1-10(2)14-17-13(18-22-14)11-4-3-6-20(11)12(21)5-7-19-9-15-8-16-19/h8-11H,3-7H2,1-2H3/t11-/m1/s1. The number of likely N-dealkylation sites (tertiary alicyclic amines) is 1. The summed E-state index contributed by atoms with van der Waals surface area (Å²) < 4.78 is 6.92. The number of carbonyl (C=O) groups excluding carboxylic acids is 1. The molecule has 0 radical (unpaired) electrons. The van der Waals surface area contributed by atoms with E-state index in [1.807, 2.05) is 18.7 Å². The zero-order valence-corrected chi connectivity index (χ0v) is 12.8. The van der Waals surface area contributed by atoms with Gasteiger partial charge in [0.2, 0.25) is 11.8 Å². The number of amides is 1. The first-order chi connectivity index (χ1) is 10.6. The van der Waals surface area contributed by atoms with Crippen LogP contribution < -0.4 is 0 Å². The SMILES string of the molecule is CC(C)c1nc([C@H]2CCCN2C(=O)CCn2cncn2)no1. The molecule has 118 valence electrons. The van der Waals surface area contributed by atoms with Crippen LogP contribution in [0.25, 0.3) is 0 Å². The summed E-state index contributed by atoms with van der Waals surface area (Å²) in [5, 5.41) is 8.06. The van der Waals surface area contributed by atoms with Crippen molar-refractivity contribution in [1.29, 1.82) is 0 Å². The van der Waals surface area contributed by atoms with E-state index in [1.165, 1.54) is 6.33 Å². The predicted octanol–water partition coefficient (Wildman–Crippen LogP) is 1.54. The normalized spacial score (nSPS) is 18.3. The largest absolute Gasteiger partial charge is 0.339 e. The lowest BCUT2D eigenvalue weighted by Gasteiger charge is -2.22.